The highest BCUT2D eigenvalue weighted by Crippen LogP contribution is 2.19. The third-order valence-corrected chi connectivity index (χ3v) is 2.37. The maximum absolute atomic E-state index is 12.3. The SMILES string of the molecule is Cc1ccoc1CN(CCCO)CC(F)(F)F. The number of hydrogen-bond donors (Lipinski definition) is 1. The molecule has 0 unspecified atom stereocenters. The smallest absolute Gasteiger partial charge is 0.401 e. The van der Waals surface area contributed by atoms with Gasteiger partial charge >= 0.3 is 6.18 Å². The summed E-state index contributed by atoms with van der Waals surface area (Å²) in [5.41, 5.74) is 0.834. The fraction of sp³-hybridized carbons (Fsp3) is 0.636. The van der Waals surface area contributed by atoms with Crippen LogP contribution in [0.15, 0.2) is 16.7 Å². The van der Waals surface area contributed by atoms with Crippen LogP contribution in [0.3, 0.4) is 0 Å². The summed E-state index contributed by atoms with van der Waals surface area (Å²) in [5, 5.41) is 8.66. The highest BCUT2D eigenvalue weighted by Gasteiger charge is 2.30. The van der Waals surface area contributed by atoms with E-state index in [2.05, 4.69) is 0 Å². The van der Waals surface area contributed by atoms with Gasteiger partial charge in [0.15, 0.2) is 0 Å². The molecular weight excluding hydrogens is 235 g/mol. The number of nitrogens with zero attached hydrogens (tertiary/aromatic N) is 1. The minimum atomic E-state index is -4.24. The number of alkyl halides is 3. The molecule has 0 aliphatic heterocycles. The highest BCUT2D eigenvalue weighted by atomic mass is 19.4. The zero-order chi connectivity index (χ0) is 12.9. The standard InChI is InChI=1S/C11H16F3NO2/c1-9-3-6-17-10(9)7-15(4-2-5-16)8-11(12,13)14/h3,6,16H,2,4-5,7-8H2,1H3. The van der Waals surface area contributed by atoms with Crippen LogP contribution in [0.4, 0.5) is 13.2 Å². The summed E-state index contributed by atoms with van der Waals surface area (Å²) in [6.07, 6.45) is -2.46. The second-order valence-corrected chi connectivity index (χ2v) is 3.93. The van der Waals surface area contributed by atoms with Crippen molar-refractivity contribution in [1.29, 1.82) is 0 Å². The third-order valence-electron chi connectivity index (χ3n) is 2.37. The predicted octanol–water partition coefficient (Wildman–Crippen LogP) is 2.33. The first-order valence-corrected chi connectivity index (χ1v) is 5.35. The van der Waals surface area contributed by atoms with Gasteiger partial charge < -0.3 is 9.52 Å². The molecule has 1 heterocycles. The molecule has 0 spiro atoms. The lowest BCUT2D eigenvalue weighted by molar-refractivity contribution is -0.147. The van der Waals surface area contributed by atoms with Crippen LogP contribution < -0.4 is 0 Å². The van der Waals surface area contributed by atoms with Gasteiger partial charge in [0, 0.05) is 13.2 Å². The first-order chi connectivity index (χ1) is 7.92. The molecule has 1 aromatic heterocycles. The van der Waals surface area contributed by atoms with Crippen LogP contribution >= 0.6 is 0 Å². The molecule has 1 N–H and O–H groups in total. The summed E-state index contributed by atoms with van der Waals surface area (Å²) in [6.45, 7) is 0.976. The topological polar surface area (TPSA) is 36.6 Å². The van der Waals surface area contributed by atoms with Gasteiger partial charge in [-0.15, -0.1) is 0 Å². The van der Waals surface area contributed by atoms with Crippen molar-refractivity contribution in [2.75, 3.05) is 19.7 Å². The van der Waals surface area contributed by atoms with Crippen molar-refractivity contribution >= 4 is 0 Å². The molecule has 98 valence electrons. The summed E-state index contributed by atoms with van der Waals surface area (Å²) in [7, 11) is 0. The Morgan fingerprint density at radius 1 is 1.41 bits per heavy atom. The summed E-state index contributed by atoms with van der Waals surface area (Å²) < 4.78 is 42.1. The Morgan fingerprint density at radius 3 is 2.59 bits per heavy atom. The van der Waals surface area contributed by atoms with Crippen LogP contribution in [0.5, 0.6) is 0 Å². The molecule has 1 rings (SSSR count). The lowest BCUT2D eigenvalue weighted by Gasteiger charge is -2.22. The second kappa shape index (κ2) is 6.07. The second-order valence-electron chi connectivity index (χ2n) is 3.93. The largest absolute Gasteiger partial charge is 0.468 e. The molecule has 0 saturated heterocycles. The van der Waals surface area contributed by atoms with E-state index in [1.165, 1.54) is 11.2 Å². The maximum Gasteiger partial charge on any atom is 0.401 e. The van der Waals surface area contributed by atoms with Gasteiger partial charge in [-0.25, -0.2) is 0 Å². The minimum absolute atomic E-state index is 0.109. The Kier molecular flexibility index (Phi) is 5.02. The Balaban J connectivity index is 2.60. The number of rotatable bonds is 6. The van der Waals surface area contributed by atoms with Crippen LogP contribution in [0.25, 0.3) is 0 Å². The molecule has 0 aromatic carbocycles. The predicted molar refractivity (Wildman–Crippen MR) is 56.5 cm³/mol. The van der Waals surface area contributed by atoms with E-state index in [0.717, 1.165) is 5.56 Å². The number of halogens is 3. The third kappa shape index (κ3) is 5.23. The van der Waals surface area contributed by atoms with Gasteiger partial charge in [0.25, 0.3) is 0 Å². The zero-order valence-corrected chi connectivity index (χ0v) is 9.63. The van der Waals surface area contributed by atoms with Crippen LogP contribution in [0.1, 0.15) is 17.7 Å². The molecule has 3 nitrogen and oxygen atoms in total. The molecule has 0 bridgehead atoms. The number of aliphatic hydroxyl groups excluding tert-OH is 1. The molecule has 0 radical (unpaired) electrons. The van der Waals surface area contributed by atoms with E-state index in [9.17, 15) is 13.2 Å². The van der Waals surface area contributed by atoms with Gasteiger partial charge in [-0.2, -0.15) is 13.2 Å². The average molecular weight is 251 g/mol. The van der Waals surface area contributed by atoms with Crippen molar-refractivity contribution in [3.63, 3.8) is 0 Å². The Bertz CT molecular complexity index is 336. The normalized spacial score (nSPS) is 12.4. The summed E-state index contributed by atoms with van der Waals surface area (Å²) in [6, 6.07) is 1.72. The molecule has 17 heavy (non-hydrogen) atoms. The molecule has 0 aliphatic carbocycles. The summed E-state index contributed by atoms with van der Waals surface area (Å²) in [4.78, 5) is 1.22. The Labute approximate surface area is 97.8 Å². The highest BCUT2D eigenvalue weighted by molar-refractivity contribution is 5.14. The molecule has 0 aliphatic rings. The van der Waals surface area contributed by atoms with E-state index in [0.29, 0.717) is 12.2 Å². The van der Waals surface area contributed by atoms with E-state index in [-0.39, 0.29) is 19.7 Å². The molecule has 0 saturated carbocycles. The summed E-state index contributed by atoms with van der Waals surface area (Å²) >= 11 is 0. The van der Waals surface area contributed by atoms with Crippen LogP contribution in [-0.4, -0.2) is 35.9 Å². The molecule has 6 heteroatoms. The van der Waals surface area contributed by atoms with Crippen molar-refractivity contribution in [1.82, 2.24) is 4.90 Å². The van der Waals surface area contributed by atoms with Crippen molar-refractivity contribution in [2.45, 2.75) is 26.1 Å². The minimum Gasteiger partial charge on any atom is -0.468 e. The van der Waals surface area contributed by atoms with E-state index in [1.54, 1.807) is 13.0 Å². The average Bonchev–Trinajstić information content (AvgIpc) is 2.59. The van der Waals surface area contributed by atoms with Gasteiger partial charge in [0.2, 0.25) is 0 Å². The van der Waals surface area contributed by atoms with E-state index in [4.69, 9.17) is 9.52 Å². The zero-order valence-electron chi connectivity index (χ0n) is 9.63. The lowest BCUT2D eigenvalue weighted by atomic mass is 10.2. The van der Waals surface area contributed by atoms with Crippen molar-refractivity contribution in [3.05, 3.63) is 23.7 Å². The Morgan fingerprint density at radius 2 is 2.12 bits per heavy atom. The quantitative estimate of drug-likeness (QED) is 0.843. The van der Waals surface area contributed by atoms with Crippen molar-refractivity contribution in [2.24, 2.45) is 0 Å². The van der Waals surface area contributed by atoms with Gasteiger partial charge in [-0.05, 0) is 25.0 Å². The number of furan rings is 1. The van der Waals surface area contributed by atoms with E-state index < -0.39 is 12.7 Å². The first kappa shape index (κ1) is 14.1. The fourth-order valence-electron chi connectivity index (χ4n) is 1.53. The lowest BCUT2D eigenvalue weighted by Crippen LogP contribution is -2.34. The molecule has 1 aromatic rings. The van der Waals surface area contributed by atoms with Crippen LogP contribution in [0, 0.1) is 6.92 Å². The van der Waals surface area contributed by atoms with Gasteiger partial charge in [0.05, 0.1) is 19.4 Å². The van der Waals surface area contributed by atoms with Gasteiger partial charge in [-0.3, -0.25) is 4.90 Å². The van der Waals surface area contributed by atoms with E-state index in [1.807, 2.05) is 0 Å². The van der Waals surface area contributed by atoms with Gasteiger partial charge in [-0.1, -0.05) is 0 Å². The maximum atomic E-state index is 12.3. The van der Waals surface area contributed by atoms with E-state index >= 15 is 0 Å². The Hall–Kier alpha value is -1.01. The first-order valence-electron chi connectivity index (χ1n) is 5.35. The number of aryl methyl sites for hydroxylation is 1. The van der Waals surface area contributed by atoms with Gasteiger partial charge in [0.1, 0.15) is 5.76 Å². The molecule has 0 amide bonds. The molecule has 0 atom stereocenters. The summed E-state index contributed by atoms with van der Waals surface area (Å²) in [5.74, 6) is 0.534. The van der Waals surface area contributed by atoms with Crippen LogP contribution in [0.2, 0.25) is 0 Å². The molecule has 0 fully saturated rings. The number of hydrogen-bond acceptors (Lipinski definition) is 3. The van der Waals surface area contributed by atoms with Crippen LogP contribution in [-0.2, 0) is 6.54 Å². The molecular formula is C11H16F3NO2. The van der Waals surface area contributed by atoms with Crippen molar-refractivity contribution < 1.29 is 22.7 Å². The number of aliphatic hydroxyl groups is 1. The fourth-order valence-corrected chi connectivity index (χ4v) is 1.53. The van der Waals surface area contributed by atoms with Crippen molar-refractivity contribution in [3.8, 4) is 0 Å². The monoisotopic (exact) mass is 251 g/mol.